The molecule has 26 heavy (non-hydrogen) atoms. The van der Waals surface area contributed by atoms with Crippen LogP contribution < -0.4 is 4.74 Å². The lowest BCUT2D eigenvalue weighted by Crippen LogP contribution is -2.04. The molecule has 3 rings (SSSR count). The molecule has 0 unspecified atom stereocenters. The van der Waals surface area contributed by atoms with Crippen molar-refractivity contribution in [2.45, 2.75) is 6.18 Å². The Bertz CT molecular complexity index is 1010. The van der Waals surface area contributed by atoms with Gasteiger partial charge < -0.3 is 19.5 Å². The topological polar surface area (TPSA) is 71.7 Å². The highest BCUT2D eigenvalue weighted by Crippen LogP contribution is 2.38. The van der Waals surface area contributed by atoms with Crippen LogP contribution in [0, 0.1) is 3.57 Å². The average Bonchev–Trinajstić information content (AvgIpc) is 2.78. The zero-order chi connectivity index (χ0) is 19.2. The van der Waals surface area contributed by atoms with E-state index in [0.29, 0.717) is 20.4 Å². The van der Waals surface area contributed by atoms with E-state index in [4.69, 9.17) is 9.84 Å². The third-order valence-electron chi connectivity index (χ3n) is 3.83. The number of carbonyl (C=O) groups is 1. The first-order chi connectivity index (χ1) is 12.1. The number of nitrogens with zero attached hydrogens (tertiary/aromatic N) is 1. The van der Waals surface area contributed by atoms with E-state index in [1.807, 2.05) is 22.6 Å². The summed E-state index contributed by atoms with van der Waals surface area (Å²) in [4.78, 5) is 11.2. The Balaban J connectivity index is 2.04. The molecule has 0 aliphatic heterocycles. The van der Waals surface area contributed by atoms with Crippen molar-refractivity contribution in [1.82, 2.24) is 4.57 Å². The lowest BCUT2D eigenvalue weighted by molar-refractivity contribution is -0.137. The molecule has 0 saturated heterocycles. The monoisotopic (exact) mass is 477 g/mol. The van der Waals surface area contributed by atoms with Gasteiger partial charge in [-0.3, -0.25) is 0 Å². The van der Waals surface area contributed by atoms with Gasteiger partial charge >= 0.3 is 12.1 Å². The van der Waals surface area contributed by atoms with Gasteiger partial charge in [0.15, 0.2) is 0 Å². The Hall–Kier alpha value is -2.43. The number of aromatic carboxylic acids is 1. The number of carboxylic acid groups (broad SMARTS) is 1. The maximum Gasteiger partial charge on any atom is 0.416 e. The molecule has 0 amide bonds. The van der Waals surface area contributed by atoms with E-state index in [-0.39, 0.29) is 17.1 Å². The molecule has 0 bridgehead atoms. The smallest absolute Gasteiger partial charge is 0.416 e. The van der Waals surface area contributed by atoms with Gasteiger partial charge in [0, 0.05) is 18.5 Å². The Kier molecular flexibility index (Phi) is 4.51. The highest BCUT2D eigenvalue weighted by molar-refractivity contribution is 14.1. The second-order valence-corrected chi connectivity index (χ2v) is 6.57. The van der Waals surface area contributed by atoms with Crippen LogP contribution in [0.2, 0.25) is 0 Å². The third kappa shape index (κ3) is 3.18. The van der Waals surface area contributed by atoms with E-state index in [1.165, 1.54) is 24.3 Å². The number of hydrogen-bond donors (Lipinski definition) is 2. The Morgan fingerprint density at radius 2 is 1.81 bits per heavy atom. The van der Waals surface area contributed by atoms with Gasteiger partial charge in [-0.2, -0.15) is 13.2 Å². The van der Waals surface area contributed by atoms with E-state index >= 15 is 0 Å². The number of ether oxygens (including phenoxy) is 1. The van der Waals surface area contributed by atoms with Crippen molar-refractivity contribution >= 4 is 39.5 Å². The first-order valence-electron chi connectivity index (χ1n) is 7.19. The number of hydrogen-bond acceptors (Lipinski definition) is 3. The predicted molar refractivity (Wildman–Crippen MR) is 95.8 cm³/mol. The maximum absolute atomic E-state index is 12.6. The number of aromatic hydroxyl groups is 1. The van der Waals surface area contributed by atoms with Gasteiger partial charge in [0.05, 0.1) is 14.7 Å². The van der Waals surface area contributed by atoms with Crippen LogP contribution in [0.25, 0.3) is 10.9 Å². The molecule has 0 radical (unpaired) electrons. The molecule has 2 aromatic carbocycles. The number of aromatic nitrogens is 1. The lowest BCUT2D eigenvalue weighted by Gasteiger charge is -2.10. The van der Waals surface area contributed by atoms with Crippen molar-refractivity contribution in [2.75, 3.05) is 0 Å². The fraction of sp³-hybridized carbons (Fsp3) is 0.118. The molecule has 1 aromatic heterocycles. The molecule has 9 heteroatoms. The summed E-state index contributed by atoms with van der Waals surface area (Å²) in [6.07, 6.45) is -4.43. The fourth-order valence-electron chi connectivity index (χ4n) is 2.51. The van der Waals surface area contributed by atoms with Gasteiger partial charge in [0.25, 0.3) is 0 Å². The first-order valence-corrected chi connectivity index (χ1v) is 8.26. The molecule has 5 nitrogen and oxygen atoms in total. The molecule has 0 fully saturated rings. The molecular formula is C17H11F3INO4. The highest BCUT2D eigenvalue weighted by Gasteiger charge is 2.30. The molecule has 0 spiro atoms. The largest absolute Gasteiger partial charge is 0.507 e. The van der Waals surface area contributed by atoms with Gasteiger partial charge in [-0.15, -0.1) is 0 Å². The Morgan fingerprint density at radius 3 is 2.35 bits per heavy atom. The molecule has 2 N–H and O–H groups in total. The minimum atomic E-state index is -4.43. The Labute approximate surface area is 158 Å². The number of aryl methyl sites for hydroxylation is 1. The van der Waals surface area contributed by atoms with Crippen LogP contribution in [0.5, 0.6) is 17.4 Å². The molecule has 3 aromatic rings. The molecule has 136 valence electrons. The van der Waals surface area contributed by atoms with Gasteiger partial charge in [-0.05, 0) is 52.9 Å². The second-order valence-electron chi connectivity index (χ2n) is 5.49. The standard InChI is InChI=1S/C17H11F3INO4/c1-22-12-7-13(23)11(16(24)25)6-10(12)14(21)15(22)26-9-4-2-8(3-5-9)17(18,19)20/h2-7,23H,1H3,(H,24,25). The minimum absolute atomic E-state index is 0.199. The molecule has 1 heterocycles. The van der Waals surface area contributed by atoms with Crippen LogP contribution in [0.4, 0.5) is 13.2 Å². The van der Waals surface area contributed by atoms with E-state index in [1.54, 1.807) is 11.6 Å². The van der Waals surface area contributed by atoms with Gasteiger partial charge in [0.2, 0.25) is 5.88 Å². The Morgan fingerprint density at radius 1 is 1.19 bits per heavy atom. The van der Waals surface area contributed by atoms with Crippen molar-refractivity contribution in [3.8, 4) is 17.4 Å². The van der Waals surface area contributed by atoms with Crippen LogP contribution in [0.3, 0.4) is 0 Å². The third-order valence-corrected chi connectivity index (χ3v) is 4.87. The van der Waals surface area contributed by atoms with E-state index in [9.17, 15) is 23.1 Å². The van der Waals surface area contributed by atoms with Gasteiger partial charge in [-0.1, -0.05) is 0 Å². The van der Waals surface area contributed by atoms with E-state index in [0.717, 1.165) is 12.1 Å². The number of carboxylic acids is 1. The summed E-state index contributed by atoms with van der Waals surface area (Å²) >= 11 is 1.96. The first kappa shape index (κ1) is 18.4. The summed E-state index contributed by atoms with van der Waals surface area (Å²) in [5.74, 6) is -1.14. The summed E-state index contributed by atoms with van der Waals surface area (Å²) in [7, 11) is 1.64. The van der Waals surface area contributed by atoms with Crippen molar-refractivity contribution in [3.05, 3.63) is 51.1 Å². The summed E-state index contributed by atoms with van der Waals surface area (Å²) in [6.45, 7) is 0. The molecule has 0 aliphatic carbocycles. The molecular weight excluding hydrogens is 466 g/mol. The van der Waals surface area contributed by atoms with E-state index in [2.05, 4.69) is 0 Å². The van der Waals surface area contributed by atoms with Gasteiger partial charge in [0.1, 0.15) is 17.1 Å². The zero-order valence-corrected chi connectivity index (χ0v) is 15.3. The van der Waals surface area contributed by atoms with Crippen molar-refractivity contribution in [3.63, 3.8) is 0 Å². The second kappa shape index (κ2) is 6.38. The van der Waals surface area contributed by atoms with Crippen molar-refractivity contribution in [2.24, 2.45) is 7.05 Å². The van der Waals surface area contributed by atoms with Crippen LogP contribution in [-0.4, -0.2) is 20.7 Å². The van der Waals surface area contributed by atoms with Crippen LogP contribution >= 0.6 is 22.6 Å². The number of rotatable bonds is 3. The number of alkyl halides is 3. The average molecular weight is 477 g/mol. The molecule has 0 atom stereocenters. The molecule has 0 saturated carbocycles. The number of benzene rings is 2. The lowest BCUT2D eigenvalue weighted by atomic mass is 10.1. The normalized spacial score (nSPS) is 11.7. The van der Waals surface area contributed by atoms with Crippen molar-refractivity contribution < 1.29 is 32.9 Å². The van der Waals surface area contributed by atoms with Crippen LogP contribution in [0.15, 0.2) is 36.4 Å². The summed E-state index contributed by atoms with van der Waals surface area (Å²) < 4.78 is 45.8. The highest BCUT2D eigenvalue weighted by atomic mass is 127. The number of fused-ring (bicyclic) bond motifs is 1. The van der Waals surface area contributed by atoms with E-state index < -0.39 is 17.7 Å². The van der Waals surface area contributed by atoms with Crippen LogP contribution in [-0.2, 0) is 13.2 Å². The maximum atomic E-state index is 12.6. The molecule has 0 aliphatic rings. The quantitative estimate of drug-likeness (QED) is 0.522. The predicted octanol–water partition coefficient (Wildman–Crippen LogP) is 5.00. The van der Waals surface area contributed by atoms with Gasteiger partial charge in [-0.25, -0.2) is 4.79 Å². The fourth-order valence-corrected chi connectivity index (χ4v) is 3.41. The summed E-state index contributed by atoms with van der Waals surface area (Å²) in [5.41, 5.74) is -0.506. The number of halogens is 4. The summed E-state index contributed by atoms with van der Waals surface area (Å²) in [6, 6.07) is 6.88. The number of phenols is 1. The zero-order valence-electron chi connectivity index (χ0n) is 13.1. The minimum Gasteiger partial charge on any atom is -0.507 e. The van der Waals surface area contributed by atoms with Crippen molar-refractivity contribution in [1.29, 1.82) is 0 Å². The van der Waals surface area contributed by atoms with Crippen LogP contribution in [0.1, 0.15) is 15.9 Å². The summed E-state index contributed by atoms with van der Waals surface area (Å²) in [5, 5.41) is 19.5. The SMILES string of the molecule is Cn1c(Oc2ccc(C(F)(F)F)cc2)c(I)c2cc(C(=O)O)c(O)cc21.